The van der Waals surface area contributed by atoms with E-state index in [0.29, 0.717) is 6.04 Å². The molecule has 0 saturated carbocycles. The summed E-state index contributed by atoms with van der Waals surface area (Å²) in [5.41, 5.74) is 1.63. The third-order valence-electron chi connectivity index (χ3n) is 3.34. The molecule has 0 radical (unpaired) electrons. The smallest absolute Gasteiger partial charge is 0.0195 e. The summed E-state index contributed by atoms with van der Waals surface area (Å²) in [6, 6.07) is 0.687. The lowest BCUT2D eigenvalue weighted by molar-refractivity contribution is 0.183. The molecule has 1 heteroatoms. The maximum Gasteiger partial charge on any atom is 0.0195 e. The van der Waals surface area contributed by atoms with Crippen molar-refractivity contribution in [1.82, 2.24) is 4.90 Å². The van der Waals surface area contributed by atoms with Crippen molar-refractivity contribution in [2.75, 3.05) is 13.1 Å². The Kier molecular flexibility index (Phi) is 4.18. The third kappa shape index (κ3) is 2.84. The van der Waals surface area contributed by atoms with Crippen LogP contribution in [0.5, 0.6) is 0 Å². The Morgan fingerprint density at radius 3 is 2.43 bits per heavy atom. The first-order valence-electron chi connectivity index (χ1n) is 5.98. The summed E-state index contributed by atoms with van der Waals surface area (Å²) in [5.74, 6) is 1.54. The van der Waals surface area contributed by atoms with E-state index in [4.69, 9.17) is 0 Å². The molecule has 0 aromatic carbocycles. The molecule has 1 heterocycles. The van der Waals surface area contributed by atoms with E-state index in [1.165, 1.54) is 19.5 Å². The van der Waals surface area contributed by atoms with Crippen LogP contribution in [-0.4, -0.2) is 24.0 Å². The van der Waals surface area contributed by atoms with Crippen molar-refractivity contribution in [1.29, 1.82) is 0 Å². The molecule has 1 aliphatic heterocycles. The highest BCUT2D eigenvalue weighted by molar-refractivity contribution is 5.11. The average Bonchev–Trinajstić information content (AvgIpc) is 2.16. The molecule has 1 atom stereocenters. The first kappa shape index (κ1) is 11.8. The van der Waals surface area contributed by atoms with Crippen molar-refractivity contribution in [3.63, 3.8) is 0 Å². The molecule has 1 nitrogen and oxygen atoms in total. The molecular weight excluding hydrogens is 170 g/mol. The summed E-state index contributed by atoms with van der Waals surface area (Å²) in [6.07, 6.45) is 3.73. The highest BCUT2D eigenvalue weighted by Gasteiger charge is 2.23. The van der Waals surface area contributed by atoms with E-state index < -0.39 is 0 Å². The second-order valence-corrected chi connectivity index (χ2v) is 5.11. The second kappa shape index (κ2) is 4.97. The fourth-order valence-corrected chi connectivity index (χ4v) is 2.03. The zero-order valence-corrected chi connectivity index (χ0v) is 10.4. The monoisotopic (exact) mass is 195 g/mol. The summed E-state index contributed by atoms with van der Waals surface area (Å²) in [4.78, 5) is 2.60. The molecule has 1 unspecified atom stereocenters. The second-order valence-electron chi connectivity index (χ2n) is 5.11. The topological polar surface area (TPSA) is 3.24 Å². The first-order chi connectivity index (χ1) is 6.54. The molecule has 1 aliphatic rings. The molecule has 0 aliphatic carbocycles. The van der Waals surface area contributed by atoms with Crippen LogP contribution in [0.15, 0.2) is 11.6 Å². The van der Waals surface area contributed by atoms with Crippen LogP contribution < -0.4 is 0 Å². The van der Waals surface area contributed by atoms with Gasteiger partial charge in [0.05, 0.1) is 0 Å². The van der Waals surface area contributed by atoms with E-state index >= 15 is 0 Å². The maximum atomic E-state index is 2.60. The van der Waals surface area contributed by atoms with Crippen LogP contribution in [0.25, 0.3) is 0 Å². The van der Waals surface area contributed by atoms with Gasteiger partial charge >= 0.3 is 0 Å². The summed E-state index contributed by atoms with van der Waals surface area (Å²) in [7, 11) is 0. The zero-order chi connectivity index (χ0) is 10.7. The van der Waals surface area contributed by atoms with Crippen LogP contribution in [0.2, 0.25) is 0 Å². The van der Waals surface area contributed by atoms with Crippen LogP contribution in [-0.2, 0) is 0 Å². The van der Waals surface area contributed by atoms with Crippen molar-refractivity contribution in [2.24, 2.45) is 11.8 Å². The van der Waals surface area contributed by atoms with Gasteiger partial charge in [-0.3, -0.25) is 4.90 Å². The Labute approximate surface area is 89.2 Å². The van der Waals surface area contributed by atoms with Crippen LogP contribution in [0.1, 0.15) is 41.0 Å². The van der Waals surface area contributed by atoms with Crippen molar-refractivity contribution < 1.29 is 0 Å². The fraction of sp³-hybridized carbons (Fsp3) is 0.846. The molecule has 0 amide bonds. The Morgan fingerprint density at radius 2 is 2.00 bits per heavy atom. The molecule has 0 N–H and O–H groups in total. The largest absolute Gasteiger partial charge is 0.296 e. The minimum atomic E-state index is 0.687. The van der Waals surface area contributed by atoms with Gasteiger partial charge in [0.1, 0.15) is 0 Å². The molecular formula is C13H25N. The van der Waals surface area contributed by atoms with E-state index in [2.05, 4.69) is 45.6 Å². The molecule has 82 valence electrons. The minimum Gasteiger partial charge on any atom is -0.296 e. The highest BCUT2D eigenvalue weighted by Crippen LogP contribution is 2.24. The van der Waals surface area contributed by atoms with Gasteiger partial charge in [-0.1, -0.05) is 32.4 Å². The quantitative estimate of drug-likeness (QED) is 0.624. The highest BCUT2D eigenvalue weighted by atomic mass is 15.2. The average molecular weight is 195 g/mol. The number of hydrogen-bond donors (Lipinski definition) is 0. The third-order valence-corrected chi connectivity index (χ3v) is 3.34. The van der Waals surface area contributed by atoms with Crippen molar-refractivity contribution >= 4 is 0 Å². The van der Waals surface area contributed by atoms with E-state index in [9.17, 15) is 0 Å². The number of hydrogen-bond acceptors (Lipinski definition) is 1. The Morgan fingerprint density at radius 1 is 1.36 bits per heavy atom. The number of nitrogens with zero attached hydrogens (tertiary/aromatic N) is 1. The van der Waals surface area contributed by atoms with Crippen LogP contribution in [0.3, 0.4) is 0 Å². The van der Waals surface area contributed by atoms with Crippen molar-refractivity contribution in [2.45, 2.75) is 47.1 Å². The molecule has 0 aromatic rings. The lowest BCUT2D eigenvalue weighted by Gasteiger charge is -2.36. The summed E-state index contributed by atoms with van der Waals surface area (Å²) in [6.45, 7) is 14.0. The van der Waals surface area contributed by atoms with Gasteiger partial charge in [-0.2, -0.15) is 0 Å². The molecule has 0 spiro atoms. The Hall–Kier alpha value is -0.300. The van der Waals surface area contributed by atoms with Gasteiger partial charge in [0.25, 0.3) is 0 Å². The fourth-order valence-electron chi connectivity index (χ4n) is 2.03. The van der Waals surface area contributed by atoms with Crippen LogP contribution in [0.4, 0.5) is 0 Å². The van der Waals surface area contributed by atoms with Gasteiger partial charge in [-0.25, -0.2) is 0 Å². The summed E-state index contributed by atoms with van der Waals surface area (Å²) >= 11 is 0. The predicted octanol–water partition coefficient (Wildman–Crippen LogP) is 3.32. The van der Waals surface area contributed by atoms with Gasteiger partial charge in [0, 0.05) is 19.1 Å². The summed E-state index contributed by atoms with van der Waals surface area (Å²) in [5, 5.41) is 0. The standard InChI is InChI=1S/C13H25N/c1-6-12-7-13(10(2)3)9-14(8-12)11(4)5/h7,10-11,13H,6,8-9H2,1-5H3. The predicted molar refractivity (Wildman–Crippen MR) is 63.4 cm³/mol. The molecule has 0 fully saturated rings. The SMILES string of the molecule is CCC1=CC(C(C)C)CN(C(C)C)C1. The van der Waals surface area contributed by atoms with Gasteiger partial charge in [0.15, 0.2) is 0 Å². The van der Waals surface area contributed by atoms with Gasteiger partial charge < -0.3 is 0 Å². The minimum absolute atomic E-state index is 0.687. The lowest BCUT2D eigenvalue weighted by Crippen LogP contribution is -2.40. The van der Waals surface area contributed by atoms with Gasteiger partial charge in [-0.15, -0.1) is 0 Å². The van der Waals surface area contributed by atoms with E-state index in [1.54, 1.807) is 5.57 Å². The van der Waals surface area contributed by atoms with Crippen LogP contribution in [0, 0.1) is 11.8 Å². The molecule has 1 rings (SSSR count). The summed E-state index contributed by atoms with van der Waals surface area (Å²) < 4.78 is 0. The van der Waals surface area contributed by atoms with Gasteiger partial charge in [0.2, 0.25) is 0 Å². The number of rotatable bonds is 3. The normalized spacial score (nSPS) is 24.5. The Balaban J connectivity index is 2.71. The maximum absolute atomic E-state index is 2.60. The van der Waals surface area contributed by atoms with Crippen molar-refractivity contribution in [3.8, 4) is 0 Å². The Bertz CT molecular complexity index is 203. The van der Waals surface area contributed by atoms with E-state index in [1.807, 2.05) is 0 Å². The van der Waals surface area contributed by atoms with Crippen molar-refractivity contribution in [3.05, 3.63) is 11.6 Å². The molecule has 0 bridgehead atoms. The van der Waals surface area contributed by atoms with Gasteiger partial charge in [-0.05, 0) is 32.1 Å². The van der Waals surface area contributed by atoms with E-state index in [0.717, 1.165) is 11.8 Å². The molecule has 0 aromatic heterocycles. The lowest BCUT2D eigenvalue weighted by atomic mass is 9.88. The van der Waals surface area contributed by atoms with E-state index in [-0.39, 0.29) is 0 Å². The molecule has 14 heavy (non-hydrogen) atoms. The zero-order valence-electron chi connectivity index (χ0n) is 10.4. The first-order valence-corrected chi connectivity index (χ1v) is 5.98. The van der Waals surface area contributed by atoms with Crippen LogP contribution >= 0.6 is 0 Å². The molecule has 0 saturated heterocycles.